The monoisotopic (exact) mass is 236 g/mol. The van der Waals surface area contributed by atoms with Crippen molar-refractivity contribution in [2.24, 2.45) is 5.73 Å². The average Bonchev–Trinajstić information content (AvgIpc) is 2.01. The van der Waals surface area contributed by atoms with Gasteiger partial charge in [0.1, 0.15) is 6.61 Å². The van der Waals surface area contributed by atoms with Crippen LogP contribution in [0.15, 0.2) is 11.1 Å². The second kappa shape index (κ2) is 7.27. The number of halogens is 1. The minimum Gasteiger partial charge on any atom is -0.370 e. The van der Waals surface area contributed by atoms with Crippen molar-refractivity contribution in [3.8, 4) is 0 Å². The summed E-state index contributed by atoms with van der Waals surface area (Å²) in [5.74, 6) is -0.163. The third kappa shape index (κ3) is 7.71. The Kier molecular flexibility index (Phi) is 7.03. The Morgan fingerprint density at radius 1 is 1.67 bits per heavy atom. The molecular weight excluding hydrogens is 224 g/mol. The molecule has 0 aromatic rings. The highest BCUT2D eigenvalue weighted by Gasteiger charge is 1.99. The van der Waals surface area contributed by atoms with E-state index >= 15 is 0 Å². The van der Waals surface area contributed by atoms with E-state index in [1.807, 2.05) is 0 Å². The predicted octanol–water partition coefficient (Wildman–Crippen LogP) is -0.0135. The molecule has 0 spiro atoms. The van der Waals surface area contributed by atoms with E-state index < -0.39 is 0 Å². The molecule has 0 rings (SSSR count). The molecule has 12 heavy (non-hydrogen) atoms. The van der Waals surface area contributed by atoms with Crippen LogP contribution in [-0.4, -0.2) is 32.2 Å². The number of amides is 1. The summed E-state index contributed by atoms with van der Waals surface area (Å²) in [6.07, 6.45) is 0. The van der Waals surface area contributed by atoms with E-state index in [0.29, 0.717) is 19.7 Å². The van der Waals surface area contributed by atoms with Crippen molar-refractivity contribution in [3.63, 3.8) is 0 Å². The molecule has 1 amide bonds. The molecule has 0 saturated carbocycles. The van der Waals surface area contributed by atoms with Gasteiger partial charge in [-0.3, -0.25) is 4.79 Å². The Morgan fingerprint density at radius 2 is 2.33 bits per heavy atom. The highest BCUT2D eigenvalue weighted by Crippen LogP contribution is 1.96. The molecule has 0 aliphatic carbocycles. The largest absolute Gasteiger partial charge is 0.370 e. The minimum atomic E-state index is -0.163. The molecule has 0 bridgehead atoms. The van der Waals surface area contributed by atoms with Gasteiger partial charge in [0.25, 0.3) is 0 Å². The summed E-state index contributed by atoms with van der Waals surface area (Å²) in [6.45, 7) is 4.87. The van der Waals surface area contributed by atoms with Gasteiger partial charge in [0.2, 0.25) is 5.91 Å². The van der Waals surface area contributed by atoms with Gasteiger partial charge in [0, 0.05) is 17.6 Å². The van der Waals surface area contributed by atoms with Gasteiger partial charge < -0.3 is 15.8 Å². The van der Waals surface area contributed by atoms with Crippen LogP contribution < -0.4 is 11.1 Å². The lowest BCUT2D eigenvalue weighted by molar-refractivity contribution is -0.125. The van der Waals surface area contributed by atoms with Crippen LogP contribution in [0.4, 0.5) is 0 Å². The number of rotatable bonds is 6. The van der Waals surface area contributed by atoms with Crippen LogP contribution in [0.25, 0.3) is 0 Å². The van der Waals surface area contributed by atoms with Gasteiger partial charge in [-0.25, -0.2) is 0 Å². The Morgan fingerprint density at radius 3 is 2.83 bits per heavy atom. The van der Waals surface area contributed by atoms with E-state index in [-0.39, 0.29) is 12.5 Å². The summed E-state index contributed by atoms with van der Waals surface area (Å²) >= 11 is 3.11. The zero-order chi connectivity index (χ0) is 9.40. The molecule has 3 N–H and O–H groups in total. The second-order valence-corrected chi connectivity index (χ2v) is 3.26. The fraction of sp³-hybridized carbons (Fsp3) is 0.571. The number of ether oxygens (including phenoxy) is 1. The molecule has 5 heteroatoms. The first-order valence-electron chi connectivity index (χ1n) is 3.54. The first-order chi connectivity index (χ1) is 5.66. The SMILES string of the molecule is C=C(Br)CNC(=O)COCCN. The Labute approximate surface area is 80.3 Å². The van der Waals surface area contributed by atoms with E-state index in [2.05, 4.69) is 27.8 Å². The summed E-state index contributed by atoms with van der Waals surface area (Å²) < 4.78 is 5.63. The second-order valence-electron chi connectivity index (χ2n) is 2.14. The van der Waals surface area contributed by atoms with E-state index in [1.165, 1.54) is 0 Å². The van der Waals surface area contributed by atoms with Gasteiger partial charge >= 0.3 is 0 Å². The van der Waals surface area contributed by atoms with Crippen molar-refractivity contribution in [2.75, 3.05) is 26.3 Å². The van der Waals surface area contributed by atoms with Gasteiger partial charge in [-0.05, 0) is 0 Å². The van der Waals surface area contributed by atoms with Crippen LogP contribution in [0.5, 0.6) is 0 Å². The van der Waals surface area contributed by atoms with Crippen LogP contribution >= 0.6 is 15.9 Å². The lowest BCUT2D eigenvalue weighted by atomic mass is 10.5. The molecule has 0 aromatic carbocycles. The fourth-order valence-corrected chi connectivity index (χ4v) is 0.634. The summed E-state index contributed by atoms with van der Waals surface area (Å²) in [7, 11) is 0. The average molecular weight is 237 g/mol. The fourth-order valence-electron chi connectivity index (χ4n) is 0.494. The molecule has 0 radical (unpaired) electrons. The number of nitrogens with one attached hydrogen (secondary N) is 1. The zero-order valence-electron chi connectivity index (χ0n) is 6.81. The highest BCUT2D eigenvalue weighted by molar-refractivity contribution is 9.11. The maximum Gasteiger partial charge on any atom is 0.246 e. The molecular formula is C7H13BrN2O2. The minimum absolute atomic E-state index is 0.0531. The number of hydrogen-bond acceptors (Lipinski definition) is 3. The number of hydrogen-bond donors (Lipinski definition) is 2. The van der Waals surface area contributed by atoms with Gasteiger partial charge in [-0.1, -0.05) is 22.5 Å². The van der Waals surface area contributed by atoms with Crippen molar-refractivity contribution in [1.29, 1.82) is 0 Å². The van der Waals surface area contributed by atoms with E-state index in [4.69, 9.17) is 10.5 Å². The molecule has 4 nitrogen and oxygen atoms in total. The lowest BCUT2D eigenvalue weighted by Gasteiger charge is -2.03. The van der Waals surface area contributed by atoms with Crippen LogP contribution in [-0.2, 0) is 9.53 Å². The summed E-state index contributed by atoms with van der Waals surface area (Å²) in [5, 5.41) is 2.59. The van der Waals surface area contributed by atoms with Crippen LogP contribution in [0.1, 0.15) is 0 Å². The summed E-state index contributed by atoms with van der Waals surface area (Å²) in [5.41, 5.74) is 5.16. The summed E-state index contributed by atoms with van der Waals surface area (Å²) in [4.78, 5) is 10.9. The van der Waals surface area contributed by atoms with Gasteiger partial charge in [0.05, 0.1) is 6.61 Å². The van der Waals surface area contributed by atoms with Crippen molar-refractivity contribution in [3.05, 3.63) is 11.1 Å². The van der Waals surface area contributed by atoms with Crippen LogP contribution in [0.2, 0.25) is 0 Å². The Bertz CT molecular complexity index is 161. The zero-order valence-corrected chi connectivity index (χ0v) is 8.39. The van der Waals surface area contributed by atoms with E-state index in [1.54, 1.807) is 0 Å². The molecule has 0 aliphatic heterocycles. The first-order valence-corrected chi connectivity index (χ1v) is 4.34. The molecule has 70 valence electrons. The number of carbonyl (C=O) groups excluding carboxylic acids is 1. The van der Waals surface area contributed by atoms with Gasteiger partial charge in [0.15, 0.2) is 0 Å². The molecule has 0 heterocycles. The standard InChI is InChI=1S/C7H13BrN2O2/c1-6(8)4-10-7(11)5-12-3-2-9/h1-5,9H2,(H,10,11). The summed E-state index contributed by atoms with van der Waals surface area (Å²) in [6, 6.07) is 0. The third-order valence-electron chi connectivity index (χ3n) is 0.973. The van der Waals surface area contributed by atoms with E-state index in [0.717, 1.165) is 4.48 Å². The quantitative estimate of drug-likeness (QED) is 0.638. The number of carbonyl (C=O) groups is 1. The van der Waals surface area contributed by atoms with Crippen molar-refractivity contribution >= 4 is 21.8 Å². The third-order valence-corrected chi connectivity index (χ3v) is 1.25. The maximum absolute atomic E-state index is 10.9. The normalized spacial score (nSPS) is 9.50. The van der Waals surface area contributed by atoms with Gasteiger partial charge in [-0.2, -0.15) is 0 Å². The smallest absolute Gasteiger partial charge is 0.246 e. The Hall–Kier alpha value is -0.390. The van der Waals surface area contributed by atoms with E-state index in [9.17, 15) is 4.79 Å². The van der Waals surface area contributed by atoms with Crippen LogP contribution in [0, 0.1) is 0 Å². The van der Waals surface area contributed by atoms with Gasteiger partial charge in [-0.15, -0.1) is 0 Å². The lowest BCUT2D eigenvalue weighted by Crippen LogP contribution is -2.29. The van der Waals surface area contributed by atoms with Crippen molar-refractivity contribution in [1.82, 2.24) is 5.32 Å². The number of nitrogens with two attached hydrogens (primary N) is 1. The molecule has 0 fully saturated rings. The molecule has 0 atom stereocenters. The molecule has 0 aliphatic rings. The Balaban J connectivity index is 3.28. The van der Waals surface area contributed by atoms with Crippen molar-refractivity contribution in [2.45, 2.75) is 0 Å². The maximum atomic E-state index is 10.9. The molecule has 0 aromatic heterocycles. The molecule has 0 unspecified atom stereocenters. The topological polar surface area (TPSA) is 64.3 Å². The highest BCUT2D eigenvalue weighted by atomic mass is 79.9. The predicted molar refractivity (Wildman–Crippen MR) is 51.0 cm³/mol. The van der Waals surface area contributed by atoms with Crippen molar-refractivity contribution < 1.29 is 9.53 Å². The molecule has 0 saturated heterocycles. The van der Waals surface area contributed by atoms with Crippen LogP contribution in [0.3, 0.4) is 0 Å². The first kappa shape index (κ1) is 11.6.